The Hall–Kier alpha value is -2.83. The summed E-state index contributed by atoms with van der Waals surface area (Å²) in [6.07, 6.45) is 6.55. The van der Waals surface area contributed by atoms with Crippen molar-refractivity contribution in [3.8, 4) is 5.75 Å². The summed E-state index contributed by atoms with van der Waals surface area (Å²) in [7, 11) is 0. The lowest BCUT2D eigenvalue weighted by atomic mass is 9.55. The lowest BCUT2D eigenvalue weighted by Gasteiger charge is -2.50. The van der Waals surface area contributed by atoms with Crippen molar-refractivity contribution in [2.45, 2.75) is 82.4 Å². The number of phenolic OH excluding ortho intramolecular Hbond substituents is 1. The zero-order valence-corrected chi connectivity index (χ0v) is 23.6. The van der Waals surface area contributed by atoms with Crippen LogP contribution in [0.15, 0.2) is 18.2 Å². The number of nitrogens with two attached hydrogens (primary N) is 1. The Labute approximate surface area is 239 Å². The molecule has 3 aliphatic rings. The van der Waals surface area contributed by atoms with Gasteiger partial charge in [-0.3, -0.25) is 19.2 Å². The van der Waals surface area contributed by atoms with Crippen LogP contribution >= 0.6 is 12.6 Å². The van der Waals surface area contributed by atoms with Crippen LogP contribution in [0.3, 0.4) is 0 Å². The van der Waals surface area contributed by atoms with Crippen LogP contribution in [-0.2, 0) is 25.6 Å². The Bertz CT molecular complexity index is 1100. The Morgan fingerprint density at radius 1 is 1.15 bits per heavy atom. The monoisotopic (exact) mass is 579 g/mol. The summed E-state index contributed by atoms with van der Waals surface area (Å²) in [4.78, 5) is 43.7. The van der Waals surface area contributed by atoms with Crippen molar-refractivity contribution in [2.75, 3.05) is 12.3 Å². The zero-order chi connectivity index (χ0) is 29.6. The number of carboxylic acids is 2. The first kappa shape index (κ1) is 31.7. The number of benzene rings is 1. The molecule has 40 heavy (non-hydrogen) atoms. The van der Waals surface area contributed by atoms with Crippen LogP contribution in [0, 0.1) is 17.3 Å². The number of aromatic hydroxyl groups is 1. The quantitative estimate of drug-likeness (QED) is 0.199. The molecule has 2 saturated carbocycles. The number of aryl methyl sites for hydroxylation is 1. The van der Waals surface area contributed by atoms with E-state index in [1.807, 2.05) is 12.1 Å². The maximum Gasteiger partial charge on any atom is 0.322 e. The number of carboxylic acid groups (broad SMARTS) is 2. The van der Waals surface area contributed by atoms with Crippen molar-refractivity contribution in [2.24, 2.45) is 23.0 Å². The van der Waals surface area contributed by atoms with Gasteiger partial charge in [-0.25, -0.2) is 0 Å². The predicted molar refractivity (Wildman–Crippen MR) is 150 cm³/mol. The number of amides is 2. The van der Waals surface area contributed by atoms with Gasteiger partial charge in [0.05, 0.1) is 6.10 Å². The smallest absolute Gasteiger partial charge is 0.322 e. The highest BCUT2D eigenvalue weighted by Gasteiger charge is 2.54. The minimum absolute atomic E-state index is 0.0256. The van der Waals surface area contributed by atoms with Crippen LogP contribution in [0.1, 0.15) is 68.9 Å². The third-order valence-corrected chi connectivity index (χ3v) is 9.27. The van der Waals surface area contributed by atoms with Crippen molar-refractivity contribution in [3.05, 3.63) is 29.3 Å². The number of rotatable bonds is 9. The molecule has 1 aromatic rings. The standard InChI is InChI=1S/C18H24O2.C10H17N3O6S/c1-18-9-8-14-13-5-3-12(19)10-11(13)2-4-15(14)16(18)6-7-17(18)20;11-5(10(18)19)1-2-7(14)13-6(4-20)9(17)12-3-8(15)16/h3,5,10,14-17,19-20H,2,4,6-9H2,1H3;5-6,20H,1-4,11H2,(H,12,17)(H,13,14)(H,15,16)(H,18,19)/t14-,15-,16+,17+,18+;5-,6-/m10/s1. The Kier molecular flexibility index (Phi) is 10.8. The third kappa shape index (κ3) is 7.46. The van der Waals surface area contributed by atoms with Crippen LogP contribution in [-0.4, -0.2) is 74.7 Å². The van der Waals surface area contributed by atoms with Gasteiger partial charge in [0.15, 0.2) is 0 Å². The molecule has 4 rings (SSSR count). The van der Waals surface area contributed by atoms with E-state index in [4.69, 9.17) is 15.9 Å². The molecule has 0 aromatic heterocycles. The van der Waals surface area contributed by atoms with Crippen molar-refractivity contribution in [3.63, 3.8) is 0 Å². The fourth-order valence-corrected chi connectivity index (χ4v) is 6.95. The summed E-state index contributed by atoms with van der Waals surface area (Å²) < 4.78 is 0. The highest BCUT2D eigenvalue weighted by Crippen LogP contribution is 2.60. The van der Waals surface area contributed by atoms with E-state index in [1.54, 1.807) is 0 Å². The van der Waals surface area contributed by atoms with Gasteiger partial charge in [0.1, 0.15) is 24.4 Å². The maximum atomic E-state index is 11.5. The highest BCUT2D eigenvalue weighted by molar-refractivity contribution is 7.80. The highest BCUT2D eigenvalue weighted by atomic mass is 32.1. The van der Waals surface area contributed by atoms with Gasteiger partial charge in [0.2, 0.25) is 11.8 Å². The number of phenols is 1. The van der Waals surface area contributed by atoms with Crippen molar-refractivity contribution < 1.29 is 39.6 Å². The fourth-order valence-electron chi connectivity index (χ4n) is 6.70. The zero-order valence-electron chi connectivity index (χ0n) is 22.7. The number of carbonyl (C=O) groups is 4. The molecular weight excluding hydrogens is 538 g/mol. The maximum absolute atomic E-state index is 11.5. The van der Waals surface area contributed by atoms with Gasteiger partial charge in [-0.15, -0.1) is 0 Å². The fraction of sp³-hybridized carbons (Fsp3) is 0.643. The van der Waals surface area contributed by atoms with Gasteiger partial charge in [0, 0.05) is 12.2 Å². The lowest BCUT2D eigenvalue weighted by Crippen LogP contribution is -2.49. The van der Waals surface area contributed by atoms with E-state index in [2.05, 4.69) is 36.3 Å². The van der Waals surface area contributed by atoms with Crippen LogP contribution in [0.5, 0.6) is 5.75 Å². The number of aliphatic carboxylic acids is 2. The number of carbonyl (C=O) groups excluding carboxylic acids is 2. The summed E-state index contributed by atoms with van der Waals surface area (Å²) >= 11 is 3.87. The molecule has 0 radical (unpaired) electrons. The predicted octanol–water partition coefficient (Wildman–Crippen LogP) is 1.40. The number of nitrogens with one attached hydrogen (secondary N) is 2. The first-order valence-corrected chi connectivity index (χ1v) is 14.4. The van der Waals surface area contributed by atoms with Gasteiger partial charge >= 0.3 is 11.9 Å². The summed E-state index contributed by atoms with van der Waals surface area (Å²) in [5.41, 5.74) is 8.22. The molecule has 11 nitrogen and oxygen atoms in total. The molecular formula is C28H41N3O8S. The molecule has 0 aliphatic heterocycles. The summed E-state index contributed by atoms with van der Waals surface area (Å²) in [5.74, 6) is -1.22. The largest absolute Gasteiger partial charge is 0.508 e. The van der Waals surface area contributed by atoms with Gasteiger partial charge < -0.3 is 36.8 Å². The van der Waals surface area contributed by atoms with E-state index in [0.29, 0.717) is 17.6 Å². The van der Waals surface area contributed by atoms with Crippen LogP contribution in [0.2, 0.25) is 0 Å². The molecule has 0 unspecified atom stereocenters. The van der Waals surface area contributed by atoms with E-state index in [-0.39, 0.29) is 30.1 Å². The van der Waals surface area contributed by atoms with Crippen molar-refractivity contribution in [1.82, 2.24) is 10.6 Å². The average molecular weight is 580 g/mol. The number of hydrogen-bond donors (Lipinski definition) is 8. The number of fused-ring (bicyclic) bond motifs is 5. The molecule has 12 heteroatoms. The van der Waals surface area contributed by atoms with E-state index in [1.165, 1.54) is 30.4 Å². The molecule has 0 bridgehead atoms. The van der Waals surface area contributed by atoms with E-state index >= 15 is 0 Å². The van der Waals surface area contributed by atoms with Crippen LogP contribution in [0.4, 0.5) is 0 Å². The summed E-state index contributed by atoms with van der Waals surface area (Å²) in [6.45, 7) is 1.75. The summed E-state index contributed by atoms with van der Waals surface area (Å²) in [5, 5.41) is 41.4. The molecule has 0 saturated heterocycles. The van der Waals surface area contributed by atoms with Gasteiger partial charge in [0.25, 0.3) is 0 Å². The van der Waals surface area contributed by atoms with Gasteiger partial charge in [-0.1, -0.05) is 13.0 Å². The Morgan fingerprint density at radius 3 is 2.52 bits per heavy atom. The van der Waals surface area contributed by atoms with E-state index in [9.17, 15) is 29.4 Å². The molecule has 0 heterocycles. The second-order valence-corrected chi connectivity index (χ2v) is 11.7. The SMILES string of the molecule is C[C@]12CC[C@@H]3c4ccc(O)cc4CC[C@H]3[C@@H]1CC[C@@H]2O.N[C@@H](CCC(=O)N[C@@H](CS)C(=O)NCC(=O)O)C(=O)O. The molecule has 7 atom stereocenters. The average Bonchev–Trinajstić information content (AvgIpc) is 3.22. The first-order valence-electron chi connectivity index (χ1n) is 13.7. The van der Waals surface area contributed by atoms with E-state index in [0.717, 1.165) is 25.2 Å². The molecule has 1 aromatic carbocycles. The molecule has 0 spiro atoms. The normalized spacial score (nSPS) is 27.9. The second-order valence-electron chi connectivity index (χ2n) is 11.3. The molecule has 2 amide bonds. The Morgan fingerprint density at radius 2 is 1.88 bits per heavy atom. The number of hydrogen-bond acceptors (Lipinski definition) is 8. The van der Waals surface area contributed by atoms with Crippen molar-refractivity contribution in [1.29, 1.82) is 0 Å². The minimum Gasteiger partial charge on any atom is -0.508 e. The van der Waals surface area contributed by atoms with Crippen LogP contribution < -0.4 is 16.4 Å². The van der Waals surface area contributed by atoms with Gasteiger partial charge in [-0.05, 0) is 91.4 Å². The van der Waals surface area contributed by atoms with Gasteiger partial charge in [-0.2, -0.15) is 12.6 Å². The minimum atomic E-state index is -1.22. The third-order valence-electron chi connectivity index (χ3n) is 8.91. The number of aliphatic hydroxyl groups excluding tert-OH is 1. The summed E-state index contributed by atoms with van der Waals surface area (Å²) in [6, 6.07) is 3.80. The number of thiol groups is 1. The van der Waals surface area contributed by atoms with E-state index < -0.39 is 42.4 Å². The lowest BCUT2D eigenvalue weighted by molar-refractivity contribution is -0.139. The molecule has 2 fully saturated rings. The first-order chi connectivity index (χ1) is 18.9. The second kappa shape index (κ2) is 13.7. The molecule has 8 N–H and O–H groups in total. The Balaban J connectivity index is 0.000000220. The topological polar surface area (TPSA) is 199 Å². The van der Waals surface area contributed by atoms with Crippen LogP contribution in [0.25, 0.3) is 0 Å². The molecule has 222 valence electrons. The number of aliphatic hydroxyl groups is 1. The van der Waals surface area contributed by atoms with Crippen molar-refractivity contribution >= 4 is 36.4 Å². The molecule has 3 aliphatic carbocycles.